The third kappa shape index (κ3) is 3.54. The highest BCUT2D eigenvalue weighted by Gasteiger charge is 2.30. The normalized spacial score (nSPS) is 19.5. The van der Waals surface area contributed by atoms with Gasteiger partial charge in [0.25, 0.3) is 0 Å². The zero-order valence-corrected chi connectivity index (χ0v) is 12.9. The van der Waals surface area contributed by atoms with Crippen LogP contribution in [0, 0.1) is 12.7 Å². The van der Waals surface area contributed by atoms with Gasteiger partial charge in [0.15, 0.2) is 5.17 Å². The second-order valence-electron chi connectivity index (χ2n) is 5.18. The highest BCUT2D eigenvalue weighted by atomic mass is 32.2. The third-order valence-electron chi connectivity index (χ3n) is 3.38. The summed E-state index contributed by atoms with van der Waals surface area (Å²) in [5.41, 5.74) is 2.92. The molecule has 0 bridgehead atoms. The summed E-state index contributed by atoms with van der Waals surface area (Å²) in [5, 5.41) is 3.18. The van der Waals surface area contributed by atoms with Crippen molar-refractivity contribution in [3.63, 3.8) is 0 Å². The van der Waals surface area contributed by atoms with Crippen LogP contribution < -0.4 is 5.32 Å². The van der Waals surface area contributed by atoms with Gasteiger partial charge in [-0.2, -0.15) is 0 Å². The highest BCUT2D eigenvalue weighted by Crippen LogP contribution is 2.25. The number of hydrogen-bond acceptors (Lipinski definition) is 3. The van der Waals surface area contributed by atoms with Crippen molar-refractivity contribution in [3.05, 3.63) is 65.5 Å². The van der Waals surface area contributed by atoms with Gasteiger partial charge in [0.05, 0.1) is 10.9 Å². The molecule has 1 saturated heterocycles. The topological polar surface area (TPSA) is 41.5 Å². The number of nitrogens with one attached hydrogen (secondary N) is 1. The van der Waals surface area contributed by atoms with E-state index in [0.29, 0.717) is 11.6 Å². The molecule has 1 fully saturated rings. The van der Waals surface area contributed by atoms with Gasteiger partial charge >= 0.3 is 0 Å². The molecule has 1 N–H and O–H groups in total. The van der Waals surface area contributed by atoms with Crippen molar-refractivity contribution in [2.24, 2.45) is 4.99 Å². The van der Waals surface area contributed by atoms with E-state index in [1.165, 1.54) is 29.5 Å². The van der Waals surface area contributed by atoms with Crippen molar-refractivity contribution >= 4 is 28.5 Å². The number of aliphatic imine (C=N–C) groups is 1. The lowest BCUT2D eigenvalue weighted by atomic mass is 10.1. The minimum atomic E-state index is -0.270. The minimum absolute atomic E-state index is 0.0554. The van der Waals surface area contributed by atoms with Crippen molar-refractivity contribution in [2.45, 2.75) is 18.6 Å². The third-order valence-corrected chi connectivity index (χ3v) is 4.46. The Hall–Kier alpha value is -2.14. The lowest BCUT2D eigenvalue weighted by molar-refractivity contribution is -0.118. The number of rotatable bonds is 3. The predicted octanol–water partition coefficient (Wildman–Crippen LogP) is 3.60. The van der Waals surface area contributed by atoms with E-state index in [2.05, 4.69) is 10.3 Å². The second-order valence-corrected chi connectivity index (χ2v) is 6.37. The molecule has 112 valence electrons. The summed E-state index contributed by atoms with van der Waals surface area (Å²) in [6, 6.07) is 14.0. The number of halogens is 1. The van der Waals surface area contributed by atoms with Crippen molar-refractivity contribution < 1.29 is 9.18 Å². The number of aryl methyl sites for hydroxylation is 1. The molecule has 1 aliphatic heterocycles. The van der Waals surface area contributed by atoms with E-state index >= 15 is 0 Å². The van der Waals surface area contributed by atoms with Gasteiger partial charge in [-0.25, -0.2) is 9.38 Å². The van der Waals surface area contributed by atoms with Crippen LogP contribution in [0.3, 0.4) is 0 Å². The maximum Gasteiger partial charge on any atom is 0.239 e. The Kier molecular flexibility index (Phi) is 4.24. The van der Waals surface area contributed by atoms with Crippen molar-refractivity contribution in [1.82, 2.24) is 5.32 Å². The van der Waals surface area contributed by atoms with Crippen LogP contribution in [-0.4, -0.2) is 16.3 Å². The first-order valence-corrected chi connectivity index (χ1v) is 7.85. The number of nitrogens with zero attached hydrogens (tertiary/aromatic N) is 1. The fraction of sp³-hybridized carbons (Fsp3) is 0.176. The maximum absolute atomic E-state index is 12.9. The molecule has 22 heavy (non-hydrogen) atoms. The Morgan fingerprint density at radius 3 is 2.50 bits per heavy atom. The Labute approximate surface area is 132 Å². The molecule has 3 nitrogen and oxygen atoms in total. The predicted molar refractivity (Wildman–Crippen MR) is 87.9 cm³/mol. The molecule has 1 aliphatic rings. The van der Waals surface area contributed by atoms with Gasteiger partial charge in [0.2, 0.25) is 5.91 Å². The van der Waals surface area contributed by atoms with E-state index in [1.807, 2.05) is 31.2 Å². The smallest absolute Gasteiger partial charge is 0.239 e. The van der Waals surface area contributed by atoms with Gasteiger partial charge in [-0.15, -0.1) is 0 Å². The number of carbonyl (C=O) groups is 1. The fourth-order valence-electron chi connectivity index (χ4n) is 2.16. The van der Waals surface area contributed by atoms with E-state index < -0.39 is 0 Å². The zero-order chi connectivity index (χ0) is 15.5. The zero-order valence-electron chi connectivity index (χ0n) is 12.0. The summed E-state index contributed by atoms with van der Waals surface area (Å²) in [6.45, 7) is 2.02. The van der Waals surface area contributed by atoms with Gasteiger partial charge < -0.3 is 5.32 Å². The first kappa shape index (κ1) is 14.8. The van der Waals surface area contributed by atoms with E-state index in [9.17, 15) is 9.18 Å². The largest absolute Gasteiger partial charge is 0.304 e. The average molecular weight is 314 g/mol. The molecule has 5 heteroatoms. The van der Waals surface area contributed by atoms with Crippen LogP contribution in [0.25, 0.3) is 0 Å². The van der Waals surface area contributed by atoms with Crippen LogP contribution in [0.5, 0.6) is 0 Å². The SMILES string of the molecule is Cc1ccc(N=C2NC(=O)C(Cc3ccc(F)cc3)S2)cc1. The van der Waals surface area contributed by atoms with Gasteiger partial charge in [-0.3, -0.25) is 4.79 Å². The van der Waals surface area contributed by atoms with Crippen molar-refractivity contribution in [2.75, 3.05) is 0 Å². The van der Waals surface area contributed by atoms with Crippen molar-refractivity contribution in [1.29, 1.82) is 0 Å². The van der Waals surface area contributed by atoms with Crippen LogP contribution in [0.2, 0.25) is 0 Å². The summed E-state index contributed by atoms with van der Waals surface area (Å²) in [7, 11) is 0. The summed E-state index contributed by atoms with van der Waals surface area (Å²) in [4.78, 5) is 16.5. The molecule has 2 aromatic rings. The van der Waals surface area contributed by atoms with Gasteiger partial charge in [-0.05, 0) is 43.2 Å². The monoisotopic (exact) mass is 314 g/mol. The first-order chi connectivity index (χ1) is 10.6. The summed E-state index contributed by atoms with van der Waals surface area (Å²) in [6.07, 6.45) is 0.559. The number of amides is 1. The average Bonchev–Trinajstić information content (AvgIpc) is 2.84. The number of carbonyl (C=O) groups excluding carboxylic acids is 1. The molecule has 1 unspecified atom stereocenters. The molecule has 0 aliphatic carbocycles. The summed E-state index contributed by atoms with van der Waals surface area (Å²) in [5.74, 6) is -0.325. The summed E-state index contributed by atoms with van der Waals surface area (Å²) < 4.78 is 12.9. The van der Waals surface area contributed by atoms with E-state index in [4.69, 9.17) is 0 Å². The number of benzene rings is 2. The lowest BCUT2D eigenvalue weighted by Gasteiger charge is -2.04. The lowest BCUT2D eigenvalue weighted by Crippen LogP contribution is -2.25. The molecule has 0 radical (unpaired) electrons. The molecule has 0 aromatic heterocycles. The molecular formula is C17H15FN2OS. The number of hydrogen-bond donors (Lipinski definition) is 1. The molecule has 1 amide bonds. The second kappa shape index (κ2) is 6.32. The molecule has 1 atom stereocenters. The molecular weight excluding hydrogens is 299 g/mol. The number of thioether (sulfide) groups is 1. The minimum Gasteiger partial charge on any atom is -0.304 e. The molecule has 0 saturated carbocycles. The van der Waals surface area contributed by atoms with E-state index in [-0.39, 0.29) is 17.0 Å². The van der Waals surface area contributed by atoms with Crippen LogP contribution in [0.1, 0.15) is 11.1 Å². The highest BCUT2D eigenvalue weighted by molar-refractivity contribution is 8.15. The van der Waals surface area contributed by atoms with Crippen LogP contribution in [0.15, 0.2) is 53.5 Å². The van der Waals surface area contributed by atoms with Crippen LogP contribution in [-0.2, 0) is 11.2 Å². The fourth-order valence-corrected chi connectivity index (χ4v) is 3.19. The Balaban J connectivity index is 1.70. The molecule has 2 aromatic carbocycles. The van der Waals surface area contributed by atoms with Crippen LogP contribution >= 0.6 is 11.8 Å². The van der Waals surface area contributed by atoms with Crippen molar-refractivity contribution in [3.8, 4) is 0 Å². The molecule has 1 heterocycles. The first-order valence-electron chi connectivity index (χ1n) is 6.97. The maximum atomic E-state index is 12.9. The Morgan fingerprint density at radius 2 is 1.82 bits per heavy atom. The standard InChI is InChI=1S/C17H15FN2OS/c1-11-2-8-14(9-3-11)19-17-20-16(21)15(22-17)10-12-4-6-13(18)7-5-12/h2-9,15H,10H2,1H3,(H,19,20,21). The van der Waals surface area contributed by atoms with E-state index in [1.54, 1.807) is 12.1 Å². The Morgan fingerprint density at radius 1 is 1.14 bits per heavy atom. The molecule has 3 rings (SSSR count). The van der Waals surface area contributed by atoms with Gasteiger partial charge in [-0.1, -0.05) is 41.6 Å². The van der Waals surface area contributed by atoms with Gasteiger partial charge in [0, 0.05) is 0 Å². The van der Waals surface area contributed by atoms with E-state index in [0.717, 1.165) is 11.3 Å². The number of amidine groups is 1. The Bertz CT molecular complexity index is 710. The van der Waals surface area contributed by atoms with Gasteiger partial charge in [0.1, 0.15) is 5.82 Å². The van der Waals surface area contributed by atoms with Crippen LogP contribution in [0.4, 0.5) is 10.1 Å². The quantitative estimate of drug-likeness (QED) is 0.940. The molecule has 0 spiro atoms. The summed E-state index contributed by atoms with van der Waals surface area (Å²) >= 11 is 1.41.